The molecule has 210 valence electrons. The number of sulfonamides is 1. The number of carbonyl (C=O) groups is 2. The number of rotatable bonds is 8. The van der Waals surface area contributed by atoms with E-state index in [-0.39, 0.29) is 30.8 Å². The van der Waals surface area contributed by atoms with E-state index in [1.165, 1.54) is 22.2 Å². The number of carbonyl (C=O) groups excluding carboxylic acids is 2. The van der Waals surface area contributed by atoms with E-state index in [1.54, 1.807) is 12.1 Å². The molecule has 13 heteroatoms. The maximum Gasteiger partial charge on any atom is 0.414 e. The summed E-state index contributed by atoms with van der Waals surface area (Å²) in [5.74, 6) is -0.204. The van der Waals surface area contributed by atoms with Crippen LogP contribution in [0.4, 0.5) is 20.6 Å². The van der Waals surface area contributed by atoms with Gasteiger partial charge >= 0.3 is 6.09 Å². The monoisotopic (exact) mass is 553 g/mol. The summed E-state index contributed by atoms with van der Waals surface area (Å²) in [7, 11) is -3.34. The topological polar surface area (TPSA) is 112 Å². The Kier molecular flexibility index (Phi) is 8.08. The van der Waals surface area contributed by atoms with Gasteiger partial charge in [0.2, 0.25) is 15.9 Å². The van der Waals surface area contributed by atoms with Crippen molar-refractivity contribution in [3.63, 3.8) is 0 Å². The molecule has 4 heterocycles. The number of morpholine rings is 1. The Morgan fingerprint density at radius 2 is 1.95 bits per heavy atom. The average Bonchev–Trinajstić information content (AvgIpc) is 3.50. The van der Waals surface area contributed by atoms with E-state index in [9.17, 15) is 18.0 Å². The second kappa shape index (κ2) is 11.3. The van der Waals surface area contributed by atoms with Crippen LogP contribution in [0.5, 0.6) is 0 Å². The Morgan fingerprint density at radius 3 is 2.68 bits per heavy atom. The minimum absolute atomic E-state index is 0.0775. The summed E-state index contributed by atoms with van der Waals surface area (Å²) in [6, 6.07) is 4.94. The van der Waals surface area contributed by atoms with Gasteiger partial charge in [-0.3, -0.25) is 14.6 Å². The zero-order valence-corrected chi connectivity index (χ0v) is 22.5. The Labute approximate surface area is 222 Å². The van der Waals surface area contributed by atoms with Crippen molar-refractivity contribution in [2.45, 2.75) is 31.9 Å². The van der Waals surface area contributed by atoms with E-state index < -0.39 is 28.0 Å². The highest BCUT2D eigenvalue weighted by molar-refractivity contribution is 7.89. The Bertz CT molecular complexity index is 1150. The van der Waals surface area contributed by atoms with Crippen LogP contribution in [0.15, 0.2) is 18.2 Å². The maximum atomic E-state index is 15.3. The molecule has 4 saturated heterocycles. The van der Waals surface area contributed by atoms with Crippen molar-refractivity contribution >= 4 is 33.4 Å². The number of anilines is 2. The van der Waals surface area contributed by atoms with Gasteiger partial charge in [0.05, 0.1) is 43.4 Å². The van der Waals surface area contributed by atoms with Gasteiger partial charge in [-0.05, 0) is 43.5 Å². The first-order valence-electron chi connectivity index (χ1n) is 13.3. The molecule has 38 heavy (non-hydrogen) atoms. The summed E-state index contributed by atoms with van der Waals surface area (Å²) < 4.78 is 53.1. The Hall–Kier alpha value is -2.48. The van der Waals surface area contributed by atoms with Crippen LogP contribution in [-0.2, 0) is 24.3 Å². The third-order valence-corrected chi connectivity index (χ3v) is 9.78. The van der Waals surface area contributed by atoms with Crippen molar-refractivity contribution in [2.75, 3.05) is 81.1 Å². The number of likely N-dealkylation sites (tertiary alicyclic amines) is 1. The molecule has 4 aliphatic heterocycles. The number of nitrogens with zero attached hydrogens (tertiary/aromatic N) is 4. The second-order valence-corrected chi connectivity index (χ2v) is 12.5. The number of piperidine rings is 1. The van der Waals surface area contributed by atoms with Crippen LogP contribution in [0.2, 0.25) is 0 Å². The van der Waals surface area contributed by atoms with E-state index in [0.29, 0.717) is 63.2 Å². The molecule has 0 aromatic heterocycles. The molecule has 5 rings (SSSR count). The molecule has 4 fully saturated rings. The quantitative estimate of drug-likeness (QED) is 0.505. The third-order valence-electron chi connectivity index (χ3n) is 7.93. The van der Waals surface area contributed by atoms with E-state index in [0.717, 1.165) is 19.4 Å². The van der Waals surface area contributed by atoms with Gasteiger partial charge in [-0.25, -0.2) is 17.6 Å². The lowest BCUT2D eigenvalue weighted by Crippen LogP contribution is -2.49. The fourth-order valence-electron chi connectivity index (χ4n) is 5.95. The lowest BCUT2D eigenvalue weighted by molar-refractivity contribution is -0.119. The van der Waals surface area contributed by atoms with Crippen LogP contribution in [0.1, 0.15) is 19.8 Å². The molecule has 0 radical (unpaired) electrons. The van der Waals surface area contributed by atoms with Crippen LogP contribution in [0.25, 0.3) is 0 Å². The molecule has 1 aromatic carbocycles. The molecular formula is C25H36FN5O6S. The molecule has 2 amide bonds. The molecular weight excluding hydrogens is 517 g/mol. The number of nitrogens with one attached hydrogen (secondary N) is 1. The molecule has 11 nitrogen and oxygen atoms in total. The third kappa shape index (κ3) is 5.90. The van der Waals surface area contributed by atoms with E-state index >= 15 is 4.39 Å². The van der Waals surface area contributed by atoms with Crippen molar-refractivity contribution in [1.29, 1.82) is 0 Å². The minimum atomic E-state index is -3.34. The Balaban J connectivity index is 1.21. The SMILES string of the molecule is CC(=O)NCC1CN(c2ccc(N3CC4CCCN(CCS(=O)(=O)N5CCOCC5)C4C3)c(F)c2)C(=O)O1. The molecule has 0 saturated carbocycles. The van der Waals surface area contributed by atoms with Gasteiger partial charge in [0, 0.05) is 45.7 Å². The zero-order chi connectivity index (χ0) is 26.9. The number of hydrogen-bond acceptors (Lipinski definition) is 8. The van der Waals surface area contributed by atoms with Crippen molar-refractivity contribution in [1.82, 2.24) is 14.5 Å². The van der Waals surface area contributed by atoms with Gasteiger partial charge in [-0.15, -0.1) is 0 Å². The van der Waals surface area contributed by atoms with Crippen molar-refractivity contribution in [3.8, 4) is 0 Å². The number of fused-ring (bicyclic) bond motifs is 1. The standard InChI is InChI=1S/C25H36FN5O6S/c1-18(32)27-14-21-16-31(25(33)37-21)20-4-5-23(22(26)13-20)29-15-19-3-2-6-28(24(19)17-29)9-12-38(34,35)30-7-10-36-11-8-30/h4-5,13,19,21,24H,2-3,6-12,14-17H2,1H3,(H,27,32). The Morgan fingerprint density at radius 1 is 1.16 bits per heavy atom. The first-order valence-corrected chi connectivity index (χ1v) is 14.9. The van der Waals surface area contributed by atoms with Gasteiger partial charge in [-0.1, -0.05) is 0 Å². The van der Waals surface area contributed by atoms with Crippen molar-refractivity contribution in [2.24, 2.45) is 5.92 Å². The predicted octanol–water partition coefficient (Wildman–Crippen LogP) is 0.850. The molecule has 0 bridgehead atoms. The summed E-state index contributed by atoms with van der Waals surface area (Å²) in [5, 5.41) is 2.63. The van der Waals surface area contributed by atoms with Crippen LogP contribution in [0.3, 0.4) is 0 Å². The smallest absolute Gasteiger partial charge is 0.414 e. The van der Waals surface area contributed by atoms with Crippen molar-refractivity contribution < 1.29 is 31.9 Å². The molecule has 1 aromatic rings. The van der Waals surface area contributed by atoms with Crippen LogP contribution >= 0.6 is 0 Å². The summed E-state index contributed by atoms with van der Waals surface area (Å²) in [4.78, 5) is 29.1. The van der Waals surface area contributed by atoms with Crippen molar-refractivity contribution in [3.05, 3.63) is 24.0 Å². The van der Waals surface area contributed by atoms with Gasteiger partial charge in [0.25, 0.3) is 0 Å². The summed E-state index contributed by atoms with van der Waals surface area (Å²) in [6.07, 6.45) is 0.962. The van der Waals surface area contributed by atoms with Crippen LogP contribution in [0, 0.1) is 11.7 Å². The second-order valence-electron chi connectivity index (χ2n) is 10.4. The number of benzene rings is 1. The number of ether oxygens (including phenoxy) is 2. The molecule has 0 spiro atoms. The molecule has 1 N–H and O–H groups in total. The zero-order valence-electron chi connectivity index (χ0n) is 21.7. The first kappa shape index (κ1) is 27.1. The highest BCUT2D eigenvalue weighted by Crippen LogP contribution is 2.36. The van der Waals surface area contributed by atoms with E-state index in [1.807, 2.05) is 4.90 Å². The molecule has 3 atom stereocenters. The average molecular weight is 554 g/mol. The lowest BCUT2D eigenvalue weighted by atomic mass is 9.92. The van der Waals surface area contributed by atoms with Gasteiger partial charge < -0.3 is 19.7 Å². The fraction of sp³-hybridized carbons (Fsp3) is 0.680. The fourth-order valence-corrected chi connectivity index (χ4v) is 7.38. The summed E-state index contributed by atoms with van der Waals surface area (Å²) in [6.45, 7) is 6.15. The number of hydrogen-bond donors (Lipinski definition) is 1. The van der Waals surface area contributed by atoms with Crippen LogP contribution in [-0.4, -0.2) is 113 Å². The first-order chi connectivity index (χ1) is 18.2. The lowest BCUT2D eigenvalue weighted by Gasteiger charge is -2.37. The largest absolute Gasteiger partial charge is 0.442 e. The van der Waals surface area contributed by atoms with Gasteiger partial charge in [0.15, 0.2) is 0 Å². The predicted molar refractivity (Wildman–Crippen MR) is 139 cm³/mol. The molecule has 0 aliphatic carbocycles. The molecule has 3 unspecified atom stereocenters. The molecule has 4 aliphatic rings. The number of halogens is 1. The number of amides is 2. The highest BCUT2D eigenvalue weighted by Gasteiger charge is 2.40. The number of cyclic esters (lactones) is 1. The maximum absolute atomic E-state index is 15.3. The van der Waals surface area contributed by atoms with Gasteiger partial charge in [-0.2, -0.15) is 4.31 Å². The minimum Gasteiger partial charge on any atom is -0.442 e. The summed E-state index contributed by atoms with van der Waals surface area (Å²) in [5.41, 5.74) is 0.888. The normalized spacial score (nSPS) is 26.9. The highest BCUT2D eigenvalue weighted by atomic mass is 32.2. The van der Waals surface area contributed by atoms with Crippen LogP contribution < -0.4 is 15.1 Å². The van der Waals surface area contributed by atoms with E-state index in [4.69, 9.17) is 9.47 Å². The van der Waals surface area contributed by atoms with Gasteiger partial charge in [0.1, 0.15) is 11.9 Å². The summed E-state index contributed by atoms with van der Waals surface area (Å²) >= 11 is 0. The van der Waals surface area contributed by atoms with E-state index in [2.05, 4.69) is 10.2 Å².